The molecular formula is C7H9N5OS. The molecule has 0 aliphatic rings. The van der Waals surface area contributed by atoms with Crippen LogP contribution in [0.1, 0.15) is 17.8 Å². The van der Waals surface area contributed by atoms with Gasteiger partial charge in [0.1, 0.15) is 5.01 Å². The van der Waals surface area contributed by atoms with Crippen LogP contribution in [0.3, 0.4) is 0 Å². The van der Waals surface area contributed by atoms with Crippen molar-refractivity contribution in [2.75, 3.05) is 0 Å². The maximum absolute atomic E-state index is 10.7. The maximum Gasteiger partial charge on any atom is 0.234 e. The lowest BCUT2D eigenvalue weighted by atomic mass is 10.6. The molecule has 14 heavy (non-hydrogen) atoms. The van der Waals surface area contributed by atoms with Crippen LogP contribution in [0, 0.1) is 6.92 Å². The molecule has 6 nitrogen and oxygen atoms in total. The molecule has 7 heteroatoms. The molecule has 0 aliphatic carbocycles. The zero-order valence-electron chi connectivity index (χ0n) is 7.81. The lowest BCUT2D eigenvalue weighted by molar-refractivity contribution is -0.119. The van der Waals surface area contributed by atoms with Crippen molar-refractivity contribution in [1.29, 1.82) is 0 Å². The van der Waals surface area contributed by atoms with Gasteiger partial charge in [0.2, 0.25) is 10.9 Å². The Labute approximate surface area is 84.0 Å². The van der Waals surface area contributed by atoms with E-state index in [4.69, 9.17) is 0 Å². The molecule has 2 heterocycles. The van der Waals surface area contributed by atoms with Crippen molar-refractivity contribution < 1.29 is 4.79 Å². The number of nitrogens with one attached hydrogen (secondary N) is 1. The van der Waals surface area contributed by atoms with Gasteiger partial charge in [0.25, 0.3) is 0 Å². The fraction of sp³-hybridized carbons (Fsp3) is 0.429. The second-order valence-corrected chi connectivity index (χ2v) is 3.89. The fourth-order valence-electron chi connectivity index (χ4n) is 1.03. The van der Waals surface area contributed by atoms with Crippen molar-refractivity contribution in [2.24, 2.45) is 0 Å². The summed E-state index contributed by atoms with van der Waals surface area (Å²) in [7, 11) is 0. The maximum atomic E-state index is 10.7. The molecule has 2 rings (SSSR count). The first-order valence-electron chi connectivity index (χ1n) is 4.09. The Kier molecular flexibility index (Phi) is 2.16. The summed E-state index contributed by atoms with van der Waals surface area (Å²) in [5.74, 6) is 0.693. The van der Waals surface area contributed by atoms with E-state index in [-0.39, 0.29) is 5.91 Å². The van der Waals surface area contributed by atoms with Gasteiger partial charge in [-0.25, -0.2) is 0 Å². The molecule has 0 fully saturated rings. The van der Waals surface area contributed by atoms with E-state index in [1.165, 1.54) is 18.3 Å². The molecule has 2 aromatic rings. The van der Waals surface area contributed by atoms with Crippen LogP contribution in [-0.4, -0.2) is 25.7 Å². The van der Waals surface area contributed by atoms with Crippen molar-refractivity contribution in [3.05, 3.63) is 10.8 Å². The lowest BCUT2D eigenvalue weighted by Gasteiger charge is -1.94. The monoisotopic (exact) mass is 211 g/mol. The summed E-state index contributed by atoms with van der Waals surface area (Å²) in [6.45, 7) is 3.76. The minimum Gasteiger partial charge on any atom is -0.350 e. The van der Waals surface area contributed by atoms with Gasteiger partial charge in [-0.2, -0.15) is 9.61 Å². The van der Waals surface area contributed by atoms with Crippen molar-refractivity contribution in [1.82, 2.24) is 25.1 Å². The quantitative estimate of drug-likeness (QED) is 0.766. The number of fused-ring (bicyclic) bond motifs is 1. The van der Waals surface area contributed by atoms with E-state index in [2.05, 4.69) is 20.6 Å². The number of carbonyl (C=O) groups excluding carboxylic acids is 1. The molecule has 0 atom stereocenters. The number of carbonyl (C=O) groups is 1. The molecule has 2 aromatic heterocycles. The van der Waals surface area contributed by atoms with Gasteiger partial charge in [-0.15, -0.1) is 10.2 Å². The number of aromatic nitrogens is 4. The van der Waals surface area contributed by atoms with Gasteiger partial charge < -0.3 is 5.32 Å². The Morgan fingerprint density at radius 2 is 2.36 bits per heavy atom. The zero-order chi connectivity index (χ0) is 10.1. The standard InChI is InChI=1S/C7H9N5OS/c1-4-9-10-7-12(4)11-6(14-7)3-8-5(2)13/h3H2,1-2H3,(H,8,13). The summed E-state index contributed by atoms with van der Waals surface area (Å²) >= 11 is 1.42. The van der Waals surface area contributed by atoms with Crippen molar-refractivity contribution in [3.63, 3.8) is 0 Å². The summed E-state index contributed by atoms with van der Waals surface area (Å²) in [4.78, 5) is 11.4. The van der Waals surface area contributed by atoms with Crippen LogP contribution in [0.4, 0.5) is 0 Å². The molecule has 0 spiro atoms. The van der Waals surface area contributed by atoms with Crippen LogP contribution in [0.25, 0.3) is 4.96 Å². The predicted octanol–water partition coefficient (Wildman–Crippen LogP) is 0.130. The molecule has 1 N–H and O–H groups in total. The Morgan fingerprint density at radius 3 is 3.00 bits per heavy atom. The molecule has 0 bridgehead atoms. The van der Waals surface area contributed by atoms with E-state index >= 15 is 0 Å². The topological polar surface area (TPSA) is 72.2 Å². The first-order valence-corrected chi connectivity index (χ1v) is 4.90. The van der Waals surface area contributed by atoms with E-state index < -0.39 is 0 Å². The number of hydrogen-bond donors (Lipinski definition) is 1. The van der Waals surface area contributed by atoms with Crippen molar-refractivity contribution in [3.8, 4) is 0 Å². The molecule has 0 radical (unpaired) electrons. The first kappa shape index (κ1) is 9.07. The van der Waals surface area contributed by atoms with Crippen LogP contribution in [-0.2, 0) is 11.3 Å². The molecule has 0 aromatic carbocycles. The summed E-state index contributed by atoms with van der Waals surface area (Å²) in [5, 5.41) is 15.5. The Bertz CT molecular complexity index is 473. The highest BCUT2D eigenvalue weighted by molar-refractivity contribution is 7.16. The van der Waals surface area contributed by atoms with Crippen LogP contribution in [0.15, 0.2) is 0 Å². The SMILES string of the molecule is CC(=O)NCc1nn2c(C)nnc2s1. The van der Waals surface area contributed by atoms with Gasteiger partial charge in [-0.3, -0.25) is 4.79 Å². The highest BCUT2D eigenvalue weighted by Gasteiger charge is 2.08. The first-order chi connectivity index (χ1) is 6.66. The number of rotatable bonds is 2. The van der Waals surface area contributed by atoms with Crippen LogP contribution in [0.2, 0.25) is 0 Å². The van der Waals surface area contributed by atoms with Gasteiger partial charge in [-0.05, 0) is 6.92 Å². The van der Waals surface area contributed by atoms with Crippen LogP contribution >= 0.6 is 11.3 Å². The third-order valence-electron chi connectivity index (χ3n) is 1.68. The molecule has 1 amide bonds. The Hall–Kier alpha value is -1.50. The summed E-state index contributed by atoms with van der Waals surface area (Å²) in [6, 6.07) is 0. The molecule has 0 unspecified atom stereocenters. The third kappa shape index (κ3) is 1.58. The van der Waals surface area contributed by atoms with Gasteiger partial charge in [0.05, 0.1) is 6.54 Å². The van der Waals surface area contributed by atoms with Gasteiger partial charge >= 0.3 is 0 Å². The van der Waals surface area contributed by atoms with Crippen molar-refractivity contribution >= 4 is 22.2 Å². The highest BCUT2D eigenvalue weighted by atomic mass is 32.1. The summed E-state index contributed by atoms with van der Waals surface area (Å²) < 4.78 is 1.67. The fourth-order valence-corrected chi connectivity index (χ4v) is 1.84. The van der Waals surface area contributed by atoms with E-state index in [9.17, 15) is 4.79 Å². The largest absolute Gasteiger partial charge is 0.350 e. The minimum absolute atomic E-state index is 0.0623. The zero-order valence-corrected chi connectivity index (χ0v) is 8.63. The van der Waals surface area contributed by atoms with Crippen molar-refractivity contribution in [2.45, 2.75) is 20.4 Å². The van der Waals surface area contributed by atoms with Crippen LogP contribution in [0.5, 0.6) is 0 Å². The average molecular weight is 211 g/mol. The smallest absolute Gasteiger partial charge is 0.234 e. The minimum atomic E-state index is -0.0623. The van der Waals surface area contributed by atoms with E-state index in [0.717, 1.165) is 15.8 Å². The van der Waals surface area contributed by atoms with E-state index in [1.807, 2.05) is 6.92 Å². The summed E-state index contributed by atoms with van der Waals surface area (Å²) in [5.41, 5.74) is 0. The second kappa shape index (κ2) is 3.33. The second-order valence-electron chi connectivity index (χ2n) is 2.85. The Morgan fingerprint density at radius 1 is 1.57 bits per heavy atom. The predicted molar refractivity (Wildman–Crippen MR) is 50.9 cm³/mol. The number of hydrogen-bond acceptors (Lipinski definition) is 5. The van der Waals surface area contributed by atoms with Gasteiger partial charge in [-0.1, -0.05) is 11.3 Å². The molecule has 0 aliphatic heterocycles. The van der Waals surface area contributed by atoms with Gasteiger partial charge in [0, 0.05) is 6.92 Å². The van der Waals surface area contributed by atoms with E-state index in [1.54, 1.807) is 4.52 Å². The van der Waals surface area contributed by atoms with Crippen LogP contribution < -0.4 is 5.32 Å². The molecule has 74 valence electrons. The number of nitrogens with zero attached hydrogens (tertiary/aromatic N) is 4. The Balaban J connectivity index is 2.23. The lowest BCUT2D eigenvalue weighted by Crippen LogP contribution is -2.18. The molecular weight excluding hydrogens is 202 g/mol. The van der Waals surface area contributed by atoms with Gasteiger partial charge in [0.15, 0.2) is 5.82 Å². The summed E-state index contributed by atoms with van der Waals surface area (Å²) in [6.07, 6.45) is 0. The molecule has 0 saturated heterocycles. The molecule has 0 saturated carbocycles. The number of aryl methyl sites for hydroxylation is 1. The third-order valence-corrected chi connectivity index (χ3v) is 2.58. The van der Waals surface area contributed by atoms with E-state index in [0.29, 0.717) is 6.54 Å². The number of amides is 1. The normalized spacial score (nSPS) is 10.7. The highest BCUT2D eigenvalue weighted by Crippen LogP contribution is 2.12. The average Bonchev–Trinajstić information content (AvgIpc) is 2.65.